The lowest BCUT2D eigenvalue weighted by Crippen LogP contribution is -2.52. The molecule has 1 aliphatic heterocycles. The molecule has 1 heterocycles. The largest absolute Gasteiger partial charge is 0.449 e. The molecule has 2 atom stereocenters. The highest BCUT2D eigenvalue weighted by Gasteiger charge is 2.29. The molecule has 3 amide bonds. The van der Waals surface area contributed by atoms with Crippen LogP contribution in [0.2, 0.25) is 0 Å². The Morgan fingerprint density at radius 2 is 1.67 bits per heavy atom. The summed E-state index contributed by atoms with van der Waals surface area (Å²) in [5.41, 5.74) is 4.70. The van der Waals surface area contributed by atoms with Gasteiger partial charge < -0.3 is 26.0 Å². The van der Waals surface area contributed by atoms with E-state index in [1.165, 1.54) is 11.1 Å². The number of hydrogen-bond donors (Lipinski definition) is 4. The number of alkyl carbamates (subject to hydrolysis) is 1. The van der Waals surface area contributed by atoms with Gasteiger partial charge in [-0.3, -0.25) is 9.59 Å². The summed E-state index contributed by atoms with van der Waals surface area (Å²) in [6.07, 6.45) is 2.18. The van der Waals surface area contributed by atoms with E-state index in [0.29, 0.717) is 19.4 Å². The van der Waals surface area contributed by atoms with Crippen LogP contribution in [0.1, 0.15) is 56.6 Å². The van der Waals surface area contributed by atoms with Crippen molar-refractivity contribution in [1.82, 2.24) is 21.3 Å². The molecular formula is C28H36N4O4. The first-order valence-corrected chi connectivity index (χ1v) is 12.9. The highest BCUT2D eigenvalue weighted by molar-refractivity contribution is 5.90. The SMILES string of the molecule is CC(C)NC(=O)[C@H](CCCNC(=O)OCC1c2ccccc2-c2ccccc21)NC(=O)[C@@H]1CCCN1. The fourth-order valence-corrected chi connectivity index (χ4v) is 4.98. The summed E-state index contributed by atoms with van der Waals surface area (Å²) in [7, 11) is 0. The second-order valence-electron chi connectivity index (χ2n) is 9.77. The Bertz CT molecular complexity index is 1040. The third-order valence-corrected chi connectivity index (χ3v) is 6.72. The number of benzene rings is 2. The zero-order chi connectivity index (χ0) is 25.5. The molecule has 8 nitrogen and oxygen atoms in total. The van der Waals surface area contributed by atoms with Gasteiger partial charge in [-0.25, -0.2) is 4.79 Å². The van der Waals surface area contributed by atoms with Gasteiger partial charge in [0.15, 0.2) is 0 Å². The minimum atomic E-state index is -0.647. The average molecular weight is 493 g/mol. The maximum Gasteiger partial charge on any atom is 0.407 e. The summed E-state index contributed by atoms with van der Waals surface area (Å²) in [6.45, 7) is 5.18. The molecule has 4 rings (SSSR count). The Morgan fingerprint density at radius 3 is 2.28 bits per heavy atom. The van der Waals surface area contributed by atoms with Crippen molar-refractivity contribution in [3.63, 3.8) is 0 Å². The number of ether oxygens (including phenoxy) is 1. The van der Waals surface area contributed by atoms with Crippen molar-refractivity contribution < 1.29 is 19.1 Å². The maximum atomic E-state index is 12.6. The van der Waals surface area contributed by atoms with Gasteiger partial charge in [0.2, 0.25) is 11.8 Å². The van der Waals surface area contributed by atoms with Crippen LogP contribution in [0.5, 0.6) is 0 Å². The smallest absolute Gasteiger partial charge is 0.407 e. The van der Waals surface area contributed by atoms with E-state index in [1.54, 1.807) is 0 Å². The zero-order valence-electron chi connectivity index (χ0n) is 21.0. The van der Waals surface area contributed by atoms with Crippen LogP contribution in [0, 0.1) is 0 Å². The lowest BCUT2D eigenvalue weighted by Gasteiger charge is -2.22. The predicted molar refractivity (Wildman–Crippen MR) is 139 cm³/mol. The standard InChI is InChI=1S/C28H36N4O4/c1-18(2)31-27(34)25(32-26(33)24-13-7-15-29-24)14-8-16-30-28(35)36-17-23-21-11-5-3-9-19(21)20-10-4-6-12-22(20)23/h3-6,9-12,18,23-25,29H,7-8,13-17H2,1-2H3,(H,30,35)(H,31,34)(H,32,33)/t24-,25-/m0/s1. The van der Waals surface area contributed by atoms with Gasteiger partial charge in [-0.2, -0.15) is 0 Å². The van der Waals surface area contributed by atoms with Gasteiger partial charge in [0.25, 0.3) is 0 Å². The first-order chi connectivity index (χ1) is 17.4. The summed E-state index contributed by atoms with van der Waals surface area (Å²) in [6, 6.07) is 15.5. The molecule has 2 aromatic carbocycles. The minimum Gasteiger partial charge on any atom is -0.449 e. The van der Waals surface area contributed by atoms with Gasteiger partial charge in [-0.15, -0.1) is 0 Å². The number of fused-ring (bicyclic) bond motifs is 3. The van der Waals surface area contributed by atoms with E-state index in [4.69, 9.17) is 4.74 Å². The number of amides is 3. The first kappa shape index (κ1) is 25.7. The van der Waals surface area contributed by atoms with E-state index in [2.05, 4.69) is 45.5 Å². The second kappa shape index (κ2) is 12.0. The van der Waals surface area contributed by atoms with Crippen molar-refractivity contribution in [3.05, 3.63) is 59.7 Å². The molecule has 2 aromatic rings. The molecule has 0 radical (unpaired) electrons. The van der Waals surface area contributed by atoms with Crippen molar-refractivity contribution in [2.24, 2.45) is 0 Å². The third kappa shape index (κ3) is 6.23. The number of carbonyl (C=O) groups is 3. The summed E-state index contributed by atoms with van der Waals surface area (Å²) < 4.78 is 5.57. The molecule has 1 saturated heterocycles. The summed E-state index contributed by atoms with van der Waals surface area (Å²) in [4.78, 5) is 37.6. The molecule has 192 valence electrons. The van der Waals surface area contributed by atoms with E-state index >= 15 is 0 Å². The number of nitrogens with one attached hydrogen (secondary N) is 4. The topological polar surface area (TPSA) is 109 Å². The molecule has 36 heavy (non-hydrogen) atoms. The van der Waals surface area contributed by atoms with Crippen molar-refractivity contribution >= 4 is 17.9 Å². The van der Waals surface area contributed by atoms with Gasteiger partial charge in [0.05, 0.1) is 6.04 Å². The Balaban J connectivity index is 1.25. The highest BCUT2D eigenvalue weighted by Crippen LogP contribution is 2.44. The maximum absolute atomic E-state index is 12.6. The molecule has 8 heteroatoms. The van der Waals surface area contributed by atoms with Crippen molar-refractivity contribution in [1.29, 1.82) is 0 Å². The van der Waals surface area contributed by atoms with Crippen molar-refractivity contribution in [2.45, 2.75) is 63.6 Å². The number of carbonyl (C=O) groups excluding carboxylic acids is 3. The van der Waals surface area contributed by atoms with Gasteiger partial charge in [0, 0.05) is 18.5 Å². The van der Waals surface area contributed by atoms with Crippen LogP contribution < -0.4 is 21.3 Å². The monoisotopic (exact) mass is 492 g/mol. The van der Waals surface area contributed by atoms with Gasteiger partial charge in [-0.05, 0) is 68.3 Å². The van der Waals surface area contributed by atoms with Crippen LogP contribution in [0.3, 0.4) is 0 Å². The molecule has 2 aliphatic rings. The zero-order valence-corrected chi connectivity index (χ0v) is 21.0. The third-order valence-electron chi connectivity index (χ3n) is 6.72. The summed E-state index contributed by atoms with van der Waals surface area (Å²) in [5.74, 6) is -0.356. The van der Waals surface area contributed by atoms with Crippen LogP contribution in [0.15, 0.2) is 48.5 Å². The van der Waals surface area contributed by atoms with E-state index in [9.17, 15) is 14.4 Å². The van der Waals surface area contributed by atoms with Crippen LogP contribution in [0.25, 0.3) is 11.1 Å². The second-order valence-corrected chi connectivity index (χ2v) is 9.77. The molecule has 0 aromatic heterocycles. The minimum absolute atomic E-state index is 0.00617. The molecule has 0 unspecified atom stereocenters. The van der Waals surface area contributed by atoms with Gasteiger partial charge >= 0.3 is 6.09 Å². The van der Waals surface area contributed by atoms with Crippen LogP contribution >= 0.6 is 0 Å². The normalized spacial score (nSPS) is 17.2. The van der Waals surface area contributed by atoms with Crippen LogP contribution in [-0.4, -0.2) is 55.7 Å². The molecule has 0 bridgehead atoms. The average Bonchev–Trinajstić information content (AvgIpc) is 3.51. The molecule has 4 N–H and O–H groups in total. The fraction of sp³-hybridized carbons (Fsp3) is 0.464. The molecule has 1 fully saturated rings. The van der Waals surface area contributed by atoms with Gasteiger partial charge in [0.1, 0.15) is 12.6 Å². The van der Waals surface area contributed by atoms with E-state index in [0.717, 1.165) is 30.5 Å². The van der Waals surface area contributed by atoms with E-state index in [1.807, 2.05) is 38.1 Å². The Labute approximate surface area is 212 Å². The van der Waals surface area contributed by atoms with Gasteiger partial charge in [-0.1, -0.05) is 48.5 Å². The summed E-state index contributed by atoms with van der Waals surface area (Å²) >= 11 is 0. The van der Waals surface area contributed by atoms with Crippen molar-refractivity contribution in [3.8, 4) is 11.1 Å². The quantitative estimate of drug-likeness (QED) is 0.381. The number of rotatable bonds is 10. The molecule has 1 aliphatic carbocycles. The van der Waals surface area contributed by atoms with E-state index < -0.39 is 12.1 Å². The highest BCUT2D eigenvalue weighted by atomic mass is 16.5. The molecular weight excluding hydrogens is 456 g/mol. The fourth-order valence-electron chi connectivity index (χ4n) is 4.98. The summed E-state index contributed by atoms with van der Waals surface area (Å²) in [5, 5.41) is 11.7. The lowest BCUT2D eigenvalue weighted by molar-refractivity contribution is -0.130. The molecule has 0 spiro atoms. The molecule has 0 saturated carbocycles. The number of hydrogen-bond acceptors (Lipinski definition) is 5. The predicted octanol–water partition coefficient (Wildman–Crippen LogP) is 3.07. The van der Waals surface area contributed by atoms with Crippen LogP contribution in [0.4, 0.5) is 4.79 Å². The first-order valence-electron chi connectivity index (χ1n) is 12.9. The lowest BCUT2D eigenvalue weighted by atomic mass is 9.98. The Kier molecular flexibility index (Phi) is 8.59. The Morgan fingerprint density at radius 1 is 1.00 bits per heavy atom. The Hall–Kier alpha value is -3.39. The van der Waals surface area contributed by atoms with Crippen LogP contribution in [-0.2, 0) is 14.3 Å². The van der Waals surface area contributed by atoms with E-state index in [-0.39, 0.29) is 36.4 Å². The van der Waals surface area contributed by atoms with Crippen molar-refractivity contribution in [2.75, 3.05) is 19.7 Å².